The van der Waals surface area contributed by atoms with Gasteiger partial charge in [0.05, 0.1) is 5.56 Å². The van der Waals surface area contributed by atoms with Crippen molar-refractivity contribution in [3.8, 4) is 0 Å². The van der Waals surface area contributed by atoms with E-state index in [1.165, 1.54) is 0 Å². The SMILES string of the molecule is CC1(C)O[C@](C)(C=O)CCC1OC(=O)c1ccccc1. The predicted molar refractivity (Wildman–Crippen MR) is 74.5 cm³/mol. The van der Waals surface area contributed by atoms with E-state index in [4.69, 9.17) is 9.47 Å². The van der Waals surface area contributed by atoms with Gasteiger partial charge in [-0.1, -0.05) is 18.2 Å². The fourth-order valence-corrected chi connectivity index (χ4v) is 2.54. The molecule has 20 heavy (non-hydrogen) atoms. The minimum absolute atomic E-state index is 0.358. The zero-order valence-electron chi connectivity index (χ0n) is 12.1. The zero-order valence-corrected chi connectivity index (χ0v) is 12.1. The third kappa shape index (κ3) is 3.07. The van der Waals surface area contributed by atoms with Gasteiger partial charge in [-0.15, -0.1) is 0 Å². The van der Waals surface area contributed by atoms with Gasteiger partial charge in [-0.2, -0.15) is 0 Å². The Morgan fingerprint density at radius 3 is 2.50 bits per heavy atom. The molecule has 0 spiro atoms. The van der Waals surface area contributed by atoms with E-state index >= 15 is 0 Å². The third-order valence-corrected chi connectivity index (χ3v) is 3.68. The van der Waals surface area contributed by atoms with Crippen LogP contribution in [0.2, 0.25) is 0 Å². The minimum atomic E-state index is -0.793. The quantitative estimate of drug-likeness (QED) is 0.629. The average molecular weight is 276 g/mol. The molecular formula is C16H20O4. The Balaban J connectivity index is 2.07. The molecule has 1 saturated heterocycles. The Labute approximate surface area is 119 Å². The highest BCUT2D eigenvalue weighted by Gasteiger charge is 2.45. The van der Waals surface area contributed by atoms with Gasteiger partial charge in [0.25, 0.3) is 0 Å². The molecule has 1 heterocycles. The van der Waals surface area contributed by atoms with Crippen molar-refractivity contribution in [2.75, 3.05) is 0 Å². The molecule has 1 aliphatic rings. The standard InChI is InChI=1S/C16H20O4/c1-15(2)13(9-10-16(3,11-17)20-15)19-14(18)12-7-5-4-6-8-12/h4-8,11,13H,9-10H2,1-3H3/t13?,16-/m0/s1. The fourth-order valence-electron chi connectivity index (χ4n) is 2.54. The maximum Gasteiger partial charge on any atom is 0.338 e. The molecule has 2 atom stereocenters. The number of aldehydes is 1. The summed E-state index contributed by atoms with van der Waals surface area (Å²) >= 11 is 0. The van der Waals surface area contributed by atoms with Crippen molar-refractivity contribution in [3.63, 3.8) is 0 Å². The molecule has 2 rings (SSSR count). The second-order valence-electron chi connectivity index (χ2n) is 5.93. The van der Waals surface area contributed by atoms with Crippen molar-refractivity contribution in [2.45, 2.75) is 50.9 Å². The van der Waals surface area contributed by atoms with Crippen molar-refractivity contribution in [3.05, 3.63) is 35.9 Å². The lowest BCUT2D eigenvalue weighted by Crippen LogP contribution is -2.54. The van der Waals surface area contributed by atoms with Crippen molar-refractivity contribution >= 4 is 12.3 Å². The first-order valence-corrected chi connectivity index (χ1v) is 6.79. The van der Waals surface area contributed by atoms with Crippen molar-refractivity contribution in [1.29, 1.82) is 0 Å². The molecule has 1 aromatic carbocycles. The molecular weight excluding hydrogens is 256 g/mol. The highest BCUT2D eigenvalue weighted by atomic mass is 16.6. The molecule has 0 aliphatic carbocycles. The lowest BCUT2D eigenvalue weighted by atomic mass is 9.86. The number of hydrogen-bond acceptors (Lipinski definition) is 4. The Kier molecular flexibility index (Phi) is 3.95. The van der Waals surface area contributed by atoms with Gasteiger partial charge in [0.2, 0.25) is 0 Å². The van der Waals surface area contributed by atoms with Crippen LogP contribution in [0.25, 0.3) is 0 Å². The Bertz CT molecular complexity index is 494. The third-order valence-electron chi connectivity index (χ3n) is 3.68. The Morgan fingerprint density at radius 1 is 1.30 bits per heavy atom. The maximum atomic E-state index is 12.1. The largest absolute Gasteiger partial charge is 0.456 e. The van der Waals surface area contributed by atoms with E-state index in [2.05, 4.69) is 0 Å². The van der Waals surface area contributed by atoms with Gasteiger partial charge in [0.1, 0.15) is 17.3 Å². The fraction of sp³-hybridized carbons (Fsp3) is 0.500. The summed E-state index contributed by atoms with van der Waals surface area (Å²) in [5.41, 5.74) is -0.954. The van der Waals surface area contributed by atoms with E-state index in [1.807, 2.05) is 19.9 Å². The van der Waals surface area contributed by atoms with Crippen LogP contribution in [-0.2, 0) is 14.3 Å². The number of esters is 1. The van der Waals surface area contributed by atoms with Gasteiger partial charge in [0.15, 0.2) is 6.29 Å². The normalized spacial score (nSPS) is 28.6. The van der Waals surface area contributed by atoms with Gasteiger partial charge >= 0.3 is 5.97 Å². The molecule has 1 fully saturated rings. The minimum Gasteiger partial charge on any atom is -0.456 e. The molecule has 1 unspecified atom stereocenters. The smallest absolute Gasteiger partial charge is 0.338 e. The van der Waals surface area contributed by atoms with E-state index in [0.717, 1.165) is 6.29 Å². The summed E-state index contributed by atoms with van der Waals surface area (Å²) < 4.78 is 11.4. The van der Waals surface area contributed by atoms with Gasteiger partial charge in [-0.05, 0) is 45.7 Å². The van der Waals surface area contributed by atoms with Crippen LogP contribution >= 0.6 is 0 Å². The molecule has 0 bridgehead atoms. The number of hydrogen-bond donors (Lipinski definition) is 0. The number of carbonyl (C=O) groups is 2. The van der Waals surface area contributed by atoms with Crippen molar-refractivity contribution < 1.29 is 19.1 Å². The number of rotatable bonds is 3. The van der Waals surface area contributed by atoms with Gasteiger partial charge < -0.3 is 14.3 Å². The maximum absolute atomic E-state index is 12.1. The molecule has 0 amide bonds. The topological polar surface area (TPSA) is 52.6 Å². The Morgan fingerprint density at radius 2 is 1.95 bits per heavy atom. The predicted octanol–water partition coefficient (Wildman–Crippen LogP) is 2.76. The number of carbonyl (C=O) groups excluding carboxylic acids is 2. The summed E-state index contributed by atoms with van der Waals surface area (Å²) in [5, 5.41) is 0. The van der Waals surface area contributed by atoms with Crippen LogP contribution < -0.4 is 0 Å². The molecule has 4 nitrogen and oxygen atoms in total. The zero-order chi connectivity index (χ0) is 14.8. The van der Waals surface area contributed by atoms with Crippen LogP contribution in [0, 0.1) is 0 Å². The molecule has 4 heteroatoms. The summed E-state index contributed by atoms with van der Waals surface area (Å²) in [4.78, 5) is 23.2. The summed E-state index contributed by atoms with van der Waals surface area (Å²) in [6, 6.07) is 8.87. The summed E-state index contributed by atoms with van der Waals surface area (Å²) in [7, 11) is 0. The van der Waals surface area contributed by atoms with Gasteiger partial charge in [-0.25, -0.2) is 4.79 Å². The van der Waals surface area contributed by atoms with Crippen LogP contribution in [0.3, 0.4) is 0 Å². The average Bonchev–Trinajstić information content (AvgIpc) is 2.42. The molecule has 1 aliphatic heterocycles. The molecule has 0 aromatic heterocycles. The number of benzene rings is 1. The van der Waals surface area contributed by atoms with Crippen LogP contribution in [0.4, 0.5) is 0 Å². The van der Waals surface area contributed by atoms with Crippen molar-refractivity contribution in [1.82, 2.24) is 0 Å². The lowest BCUT2D eigenvalue weighted by Gasteiger charge is -2.44. The Hall–Kier alpha value is -1.68. The van der Waals surface area contributed by atoms with Crippen LogP contribution in [-0.4, -0.2) is 29.6 Å². The molecule has 1 aromatic rings. The highest BCUT2D eigenvalue weighted by Crippen LogP contribution is 2.36. The van der Waals surface area contributed by atoms with Crippen LogP contribution in [0.5, 0.6) is 0 Å². The summed E-state index contributed by atoms with van der Waals surface area (Å²) in [5.74, 6) is -0.359. The first kappa shape index (κ1) is 14.7. The molecule has 0 saturated carbocycles. The van der Waals surface area contributed by atoms with Crippen LogP contribution in [0.15, 0.2) is 30.3 Å². The first-order chi connectivity index (χ1) is 9.36. The van der Waals surface area contributed by atoms with E-state index < -0.39 is 11.2 Å². The van der Waals surface area contributed by atoms with Gasteiger partial charge in [-0.3, -0.25) is 0 Å². The summed E-state index contributed by atoms with van der Waals surface area (Å²) in [6.07, 6.45) is 1.63. The molecule has 108 valence electrons. The highest BCUT2D eigenvalue weighted by molar-refractivity contribution is 5.89. The number of ether oxygens (including phenoxy) is 2. The van der Waals surface area contributed by atoms with E-state index in [1.54, 1.807) is 31.2 Å². The lowest BCUT2D eigenvalue weighted by molar-refractivity contribution is -0.206. The summed E-state index contributed by atoms with van der Waals surface area (Å²) in [6.45, 7) is 5.45. The second kappa shape index (κ2) is 5.37. The van der Waals surface area contributed by atoms with Gasteiger partial charge in [0, 0.05) is 0 Å². The van der Waals surface area contributed by atoms with E-state index in [0.29, 0.717) is 18.4 Å². The van der Waals surface area contributed by atoms with E-state index in [-0.39, 0.29) is 12.1 Å². The van der Waals surface area contributed by atoms with E-state index in [9.17, 15) is 9.59 Å². The molecule has 0 radical (unpaired) electrons. The van der Waals surface area contributed by atoms with Crippen LogP contribution in [0.1, 0.15) is 44.0 Å². The molecule has 0 N–H and O–H groups in total. The first-order valence-electron chi connectivity index (χ1n) is 6.79. The van der Waals surface area contributed by atoms with Crippen molar-refractivity contribution in [2.24, 2.45) is 0 Å². The second-order valence-corrected chi connectivity index (χ2v) is 5.93. The monoisotopic (exact) mass is 276 g/mol.